The largest absolute Gasteiger partial charge is 0.503 e. The first-order chi connectivity index (χ1) is 17.7. The Balaban J connectivity index is 1.62. The minimum absolute atomic E-state index is 0.130. The van der Waals surface area contributed by atoms with Crippen molar-refractivity contribution in [3.63, 3.8) is 0 Å². The van der Waals surface area contributed by atoms with E-state index in [0.29, 0.717) is 21.4 Å². The van der Waals surface area contributed by atoms with E-state index in [1.54, 1.807) is 30.3 Å². The second-order valence-electron chi connectivity index (χ2n) is 8.68. The molecule has 3 aromatic carbocycles. The smallest absolute Gasteiger partial charge is 0.271 e. The normalized spacial score (nSPS) is 20.9. The highest BCUT2D eigenvalue weighted by molar-refractivity contribution is 9.10. The highest BCUT2D eigenvalue weighted by Gasteiger charge is 2.60. The molecule has 3 aromatic rings. The van der Waals surface area contributed by atoms with E-state index in [1.807, 2.05) is 19.1 Å². The number of nitrogens with zero attached hydrogens (tertiary/aromatic N) is 3. The molecule has 2 saturated heterocycles. The van der Waals surface area contributed by atoms with Crippen molar-refractivity contribution >= 4 is 44.8 Å². The lowest BCUT2D eigenvalue weighted by molar-refractivity contribution is -0.384. The average molecular weight is 568 g/mol. The maximum Gasteiger partial charge on any atom is 0.271 e. The van der Waals surface area contributed by atoms with Gasteiger partial charge >= 0.3 is 0 Å². The van der Waals surface area contributed by atoms with Gasteiger partial charge in [0.05, 0.1) is 33.9 Å². The van der Waals surface area contributed by atoms with Gasteiger partial charge in [0.15, 0.2) is 17.6 Å². The number of non-ortho nitro benzene ring substituents is 1. The van der Waals surface area contributed by atoms with Crippen LogP contribution in [0.15, 0.2) is 65.1 Å². The van der Waals surface area contributed by atoms with E-state index >= 15 is 0 Å². The fourth-order valence-electron chi connectivity index (χ4n) is 4.78. The summed E-state index contributed by atoms with van der Waals surface area (Å²) in [5.74, 6) is -1.92. The predicted octanol–water partition coefficient (Wildman–Crippen LogP) is 4.69. The molecule has 11 heteroatoms. The number of imide groups is 1. The van der Waals surface area contributed by atoms with Crippen LogP contribution in [-0.4, -0.2) is 35.1 Å². The number of rotatable bonds is 6. The molecule has 0 saturated carbocycles. The van der Waals surface area contributed by atoms with Crippen LogP contribution in [0.1, 0.15) is 24.1 Å². The molecule has 2 fully saturated rings. The van der Waals surface area contributed by atoms with Crippen LogP contribution in [0.3, 0.4) is 0 Å². The molecule has 0 bridgehead atoms. The summed E-state index contributed by atoms with van der Waals surface area (Å²) < 4.78 is 5.61. The number of carbonyl (C=O) groups is 2. The van der Waals surface area contributed by atoms with Gasteiger partial charge in [-0.3, -0.25) is 24.5 Å². The van der Waals surface area contributed by atoms with Gasteiger partial charge in [0.2, 0.25) is 5.91 Å². The number of anilines is 2. The van der Waals surface area contributed by atoms with E-state index in [1.165, 1.54) is 30.4 Å². The van der Waals surface area contributed by atoms with Crippen LogP contribution in [0.2, 0.25) is 0 Å². The van der Waals surface area contributed by atoms with Gasteiger partial charge in [-0.15, -0.1) is 0 Å². The van der Waals surface area contributed by atoms with E-state index in [9.17, 15) is 24.8 Å². The molecule has 0 aromatic heterocycles. The number of phenolic OH excluding ortho intramolecular Hbond substituents is 1. The van der Waals surface area contributed by atoms with E-state index in [4.69, 9.17) is 9.57 Å². The van der Waals surface area contributed by atoms with Crippen LogP contribution < -0.4 is 14.7 Å². The van der Waals surface area contributed by atoms with Crippen LogP contribution in [0, 0.1) is 16.0 Å². The molecule has 2 heterocycles. The lowest BCUT2D eigenvalue weighted by Crippen LogP contribution is -2.37. The molecule has 2 amide bonds. The number of carbonyl (C=O) groups excluding carboxylic acids is 2. The Hall–Kier alpha value is -3.96. The summed E-state index contributed by atoms with van der Waals surface area (Å²) in [6, 6.07) is 15.2. The molecule has 37 heavy (non-hydrogen) atoms. The number of hydroxylamine groups is 1. The molecule has 0 spiro atoms. The number of amides is 2. The van der Waals surface area contributed by atoms with Gasteiger partial charge < -0.3 is 9.84 Å². The molecular weight excluding hydrogens is 546 g/mol. The van der Waals surface area contributed by atoms with Crippen LogP contribution in [-0.2, 0) is 20.8 Å². The van der Waals surface area contributed by atoms with Crippen LogP contribution >= 0.6 is 15.9 Å². The highest BCUT2D eigenvalue weighted by Crippen LogP contribution is 2.50. The number of hydrogen-bond acceptors (Lipinski definition) is 8. The number of benzene rings is 3. The Morgan fingerprint density at radius 2 is 1.81 bits per heavy atom. The Kier molecular flexibility index (Phi) is 6.34. The topological polar surface area (TPSA) is 122 Å². The average Bonchev–Trinajstić information content (AvgIpc) is 3.41. The lowest BCUT2D eigenvalue weighted by Gasteiger charge is -2.29. The number of aromatic hydroxyl groups is 1. The standard InChI is InChI=1S/C26H22BrN3O7/c1-3-14-7-9-16(10-8-14)28-25(32)21-22(15-11-19(27)23(31)20(12-15)36-2)29(37-24(21)26(28)33)17-5-4-6-18(13-17)30(34)35/h4-13,21-22,24,31H,3H2,1-2H3/t21-,22+,24-/m1/s1. The zero-order valence-corrected chi connectivity index (χ0v) is 21.4. The summed E-state index contributed by atoms with van der Waals surface area (Å²) in [6.07, 6.45) is -0.338. The Bertz CT molecular complexity index is 1410. The number of fused-ring (bicyclic) bond motifs is 1. The van der Waals surface area contributed by atoms with E-state index in [-0.39, 0.29) is 17.2 Å². The third-order valence-corrected chi connectivity index (χ3v) is 7.23. The Morgan fingerprint density at radius 3 is 2.46 bits per heavy atom. The maximum absolute atomic E-state index is 13.8. The number of phenols is 1. The lowest BCUT2D eigenvalue weighted by atomic mass is 9.90. The summed E-state index contributed by atoms with van der Waals surface area (Å²) in [7, 11) is 1.39. The van der Waals surface area contributed by atoms with E-state index in [0.717, 1.165) is 16.9 Å². The van der Waals surface area contributed by atoms with E-state index in [2.05, 4.69) is 15.9 Å². The van der Waals surface area contributed by atoms with Crippen molar-refractivity contribution in [3.8, 4) is 11.5 Å². The molecule has 3 atom stereocenters. The number of aryl methyl sites for hydroxylation is 1. The Morgan fingerprint density at radius 1 is 1.08 bits per heavy atom. The summed E-state index contributed by atoms with van der Waals surface area (Å²) in [6.45, 7) is 2.01. The molecule has 10 nitrogen and oxygen atoms in total. The van der Waals surface area contributed by atoms with Gasteiger partial charge in [0, 0.05) is 12.1 Å². The maximum atomic E-state index is 13.8. The molecule has 5 rings (SSSR count). The van der Waals surface area contributed by atoms with Crippen LogP contribution in [0.25, 0.3) is 0 Å². The second-order valence-corrected chi connectivity index (χ2v) is 9.54. The highest BCUT2D eigenvalue weighted by atomic mass is 79.9. The van der Waals surface area contributed by atoms with E-state index < -0.39 is 34.8 Å². The van der Waals surface area contributed by atoms with Gasteiger partial charge in [-0.05, 0) is 63.8 Å². The number of ether oxygens (including phenoxy) is 1. The van der Waals surface area contributed by atoms with Gasteiger partial charge in [0.25, 0.3) is 11.6 Å². The first-order valence-corrected chi connectivity index (χ1v) is 12.3. The van der Waals surface area contributed by atoms with Crippen molar-refractivity contribution in [2.24, 2.45) is 5.92 Å². The molecule has 2 aliphatic rings. The minimum Gasteiger partial charge on any atom is -0.503 e. The monoisotopic (exact) mass is 567 g/mol. The van der Waals surface area contributed by atoms with Crippen molar-refractivity contribution in [2.75, 3.05) is 17.1 Å². The second kappa shape index (κ2) is 9.49. The van der Waals surface area contributed by atoms with Crippen molar-refractivity contribution in [3.05, 3.63) is 86.4 Å². The quantitative estimate of drug-likeness (QED) is 0.258. The third kappa shape index (κ3) is 4.09. The van der Waals surface area contributed by atoms with Crippen molar-refractivity contribution in [2.45, 2.75) is 25.5 Å². The molecule has 2 aliphatic heterocycles. The number of nitro benzene ring substituents is 1. The van der Waals surface area contributed by atoms with Gasteiger partial charge in [0.1, 0.15) is 5.92 Å². The first-order valence-electron chi connectivity index (χ1n) is 11.5. The number of nitro groups is 1. The summed E-state index contributed by atoms with van der Waals surface area (Å²) in [5.41, 5.74) is 2.14. The minimum atomic E-state index is -1.15. The van der Waals surface area contributed by atoms with Crippen molar-refractivity contribution in [1.29, 1.82) is 0 Å². The van der Waals surface area contributed by atoms with Gasteiger partial charge in [-0.25, -0.2) is 9.96 Å². The van der Waals surface area contributed by atoms with Crippen LogP contribution in [0.4, 0.5) is 17.1 Å². The number of methoxy groups -OCH3 is 1. The molecule has 0 unspecified atom stereocenters. The SMILES string of the molecule is CCc1ccc(N2C(=O)[C@H]3[C@@H](ON(c4cccc([N+](=O)[O-])c4)[C@H]3c3cc(Br)c(O)c(OC)c3)C2=O)cc1. The number of halogens is 1. The van der Waals surface area contributed by atoms with Gasteiger partial charge in [-0.2, -0.15) is 0 Å². The van der Waals surface area contributed by atoms with Gasteiger partial charge in [-0.1, -0.05) is 25.1 Å². The molecule has 0 radical (unpaired) electrons. The summed E-state index contributed by atoms with van der Waals surface area (Å²) >= 11 is 3.31. The molecular formula is C26H22BrN3O7. The zero-order valence-electron chi connectivity index (χ0n) is 19.8. The van der Waals surface area contributed by atoms with Crippen molar-refractivity contribution in [1.82, 2.24) is 0 Å². The van der Waals surface area contributed by atoms with Crippen molar-refractivity contribution < 1.29 is 29.2 Å². The third-order valence-electron chi connectivity index (χ3n) is 6.63. The Labute approximate surface area is 220 Å². The molecule has 190 valence electrons. The summed E-state index contributed by atoms with van der Waals surface area (Å²) in [4.78, 5) is 45.4. The first kappa shape index (κ1) is 24.7. The number of hydrogen-bond donors (Lipinski definition) is 1. The van der Waals surface area contributed by atoms with Crippen LogP contribution in [0.5, 0.6) is 11.5 Å². The molecule has 1 N–H and O–H groups in total. The predicted molar refractivity (Wildman–Crippen MR) is 137 cm³/mol. The fraction of sp³-hybridized carbons (Fsp3) is 0.231. The molecule has 0 aliphatic carbocycles. The fourth-order valence-corrected chi connectivity index (χ4v) is 5.24. The summed E-state index contributed by atoms with van der Waals surface area (Å²) in [5, 5.41) is 23.1. The zero-order chi connectivity index (χ0) is 26.4.